The average Bonchev–Trinajstić information content (AvgIpc) is 3.56. The van der Waals surface area contributed by atoms with Gasteiger partial charge in [0.05, 0.1) is 17.9 Å². The Kier molecular flexibility index (Phi) is 5.67. The first-order chi connectivity index (χ1) is 14.1. The van der Waals surface area contributed by atoms with E-state index in [4.69, 9.17) is 0 Å². The van der Waals surface area contributed by atoms with Gasteiger partial charge in [-0.05, 0) is 17.5 Å². The molecule has 2 unspecified atom stereocenters. The molecule has 0 spiro atoms. The molecule has 2 aliphatic rings. The molecule has 29 heavy (non-hydrogen) atoms. The molecule has 152 valence electrons. The Labute approximate surface area is 172 Å². The monoisotopic (exact) mass is 391 g/mol. The average molecular weight is 392 g/mol. The smallest absolute Gasteiger partial charge is 0.226 e. The number of rotatable bonds is 5. The highest BCUT2D eigenvalue weighted by Crippen LogP contribution is 2.41. The Balaban J connectivity index is 1.42. The topological polar surface area (TPSA) is 43.9 Å². The summed E-state index contributed by atoms with van der Waals surface area (Å²) < 4.78 is 0. The first kappa shape index (κ1) is 19.6. The summed E-state index contributed by atoms with van der Waals surface area (Å²) in [6.07, 6.45) is 0.701. The minimum atomic E-state index is -0.115. The lowest BCUT2D eigenvalue weighted by atomic mass is 9.96. The van der Waals surface area contributed by atoms with Crippen molar-refractivity contribution in [2.24, 2.45) is 11.8 Å². The predicted molar refractivity (Wildman–Crippen MR) is 113 cm³/mol. The van der Waals surface area contributed by atoms with Crippen molar-refractivity contribution in [3.8, 4) is 0 Å². The molecule has 2 amide bonds. The Morgan fingerprint density at radius 3 is 1.83 bits per heavy atom. The summed E-state index contributed by atoms with van der Waals surface area (Å²) >= 11 is 0. The van der Waals surface area contributed by atoms with E-state index >= 15 is 0 Å². The Bertz CT molecular complexity index is 805. The molecule has 2 aromatic rings. The maximum atomic E-state index is 12.9. The van der Waals surface area contributed by atoms with E-state index < -0.39 is 0 Å². The quantitative estimate of drug-likeness (QED) is 0.787. The van der Waals surface area contributed by atoms with Gasteiger partial charge in [0.2, 0.25) is 11.8 Å². The van der Waals surface area contributed by atoms with E-state index in [1.165, 1.54) is 11.1 Å². The van der Waals surface area contributed by atoms with E-state index in [0.717, 1.165) is 13.1 Å². The summed E-state index contributed by atoms with van der Waals surface area (Å²) in [5.74, 6) is 0.00318. The third-order valence-corrected chi connectivity index (χ3v) is 6.09. The van der Waals surface area contributed by atoms with Crippen molar-refractivity contribution in [1.82, 2.24) is 14.7 Å². The minimum Gasteiger partial charge on any atom is -0.349 e. The summed E-state index contributed by atoms with van der Waals surface area (Å²) in [4.78, 5) is 31.0. The lowest BCUT2D eigenvalue weighted by Gasteiger charge is -2.40. The normalized spacial score (nSPS) is 21.8. The number of hydrogen-bond donors (Lipinski definition) is 0. The Morgan fingerprint density at radius 2 is 1.34 bits per heavy atom. The Hall–Kier alpha value is -2.66. The van der Waals surface area contributed by atoms with E-state index in [9.17, 15) is 9.59 Å². The van der Waals surface area contributed by atoms with Crippen LogP contribution in [0, 0.1) is 11.8 Å². The van der Waals surface area contributed by atoms with Gasteiger partial charge in [0.1, 0.15) is 0 Å². The van der Waals surface area contributed by atoms with Gasteiger partial charge < -0.3 is 9.80 Å². The van der Waals surface area contributed by atoms with Gasteiger partial charge in [0.25, 0.3) is 0 Å². The SMILES string of the molecule is CN(C)C(=O)C1CC1C(=O)N1CCN(C(c2ccccc2)c2ccccc2)CC1. The van der Waals surface area contributed by atoms with Crippen LogP contribution < -0.4 is 0 Å². The second-order valence-corrected chi connectivity index (χ2v) is 8.27. The van der Waals surface area contributed by atoms with Crippen molar-refractivity contribution in [3.05, 3.63) is 71.8 Å². The Morgan fingerprint density at radius 1 is 0.828 bits per heavy atom. The van der Waals surface area contributed by atoms with Crippen LogP contribution in [0.15, 0.2) is 60.7 Å². The third kappa shape index (κ3) is 4.20. The molecule has 1 aliphatic carbocycles. The maximum Gasteiger partial charge on any atom is 0.226 e. The summed E-state index contributed by atoms with van der Waals surface area (Å²) in [5, 5.41) is 0. The molecule has 0 aromatic heterocycles. The first-order valence-electron chi connectivity index (χ1n) is 10.4. The highest BCUT2D eigenvalue weighted by atomic mass is 16.2. The van der Waals surface area contributed by atoms with Crippen LogP contribution in [0.2, 0.25) is 0 Å². The minimum absolute atomic E-state index is 0.0789. The lowest BCUT2D eigenvalue weighted by molar-refractivity contribution is -0.138. The van der Waals surface area contributed by atoms with Crippen molar-refractivity contribution in [1.29, 1.82) is 0 Å². The molecule has 1 saturated heterocycles. The fraction of sp³-hybridized carbons (Fsp3) is 0.417. The van der Waals surface area contributed by atoms with Crippen LogP contribution in [0.1, 0.15) is 23.6 Å². The zero-order chi connectivity index (χ0) is 20.4. The van der Waals surface area contributed by atoms with Crippen LogP contribution in [-0.2, 0) is 9.59 Å². The molecule has 2 aromatic carbocycles. The number of hydrogen-bond acceptors (Lipinski definition) is 3. The summed E-state index contributed by atoms with van der Waals surface area (Å²) in [6.45, 7) is 3.10. The van der Waals surface area contributed by atoms with Gasteiger partial charge in [-0.3, -0.25) is 14.5 Å². The van der Waals surface area contributed by atoms with Gasteiger partial charge in [-0.1, -0.05) is 60.7 Å². The highest BCUT2D eigenvalue weighted by Gasteiger charge is 2.50. The molecular weight excluding hydrogens is 362 g/mol. The van der Waals surface area contributed by atoms with Crippen LogP contribution in [-0.4, -0.2) is 66.8 Å². The number of carbonyl (C=O) groups is 2. The van der Waals surface area contributed by atoms with Crippen LogP contribution in [0.4, 0.5) is 0 Å². The summed E-state index contributed by atoms with van der Waals surface area (Å²) in [7, 11) is 3.52. The number of amides is 2. The van der Waals surface area contributed by atoms with Gasteiger partial charge in [-0.2, -0.15) is 0 Å². The third-order valence-electron chi connectivity index (χ3n) is 6.09. The standard InChI is InChI=1S/C24H29N3O2/c1-25(2)23(28)20-17-21(20)24(29)27-15-13-26(14-16-27)22(18-9-5-3-6-10-18)19-11-7-4-8-12-19/h3-12,20-22H,13-17H2,1-2H3. The molecule has 5 heteroatoms. The molecule has 0 bridgehead atoms. The van der Waals surface area contributed by atoms with Gasteiger partial charge in [0.15, 0.2) is 0 Å². The number of piperazine rings is 1. The zero-order valence-electron chi connectivity index (χ0n) is 17.2. The van der Waals surface area contributed by atoms with E-state index in [1.807, 2.05) is 17.0 Å². The molecule has 0 N–H and O–H groups in total. The molecule has 1 heterocycles. The second-order valence-electron chi connectivity index (χ2n) is 8.27. The van der Waals surface area contributed by atoms with Gasteiger partial charge >= 0.3 is 0 Å². The number of nitrogens with zero attached hydrogens (tertiary/aromatic N) is 3. The van der Waals surface area contributed by atoms with Crippen LogP contribution in [0.5, 0.6) is 0 Å². The van der Waals surface area contributed by atoms with Crippen molar-refractivity contribution in [2.75, 3.05) is 40.3 Å². The largest absolute Gasteiger partial charge is 0.349 e. The van der Waals surface area contributed by atoms with Crippen LogP contribution >= 0.6 is 0 Å². The van der Waals surface area contributed by atoms with Crippen LogP contribution in [0.3, 0.4) is 0 Å². The van der Waals surface area contributed by atoms with Gasteiger partial charge in [0, 0.05) is 40.3 Å². The van der Waals surface area contributed by atoms with Crippen LogP contribution in [0.25, 0.3) is 0 Å². The molecule has 2 fully saturated rings. The lowest BCUT2D eigenvalue weighted by Crippen LogP contribution is -2.50. The molecule has 1 aliphatic heterocycles. The van der Waals surface area contributed by atoms with E-state index in [1.54, 1.807) is 19.0 Å². The fourth-order valence-electron chi connectivity index (χ4n) is 4.39. The van der Waals surface area contributed by atoms with Crippen molar-refractivity contribution in [2.45, 2.75) is 12.5 Å². The highest BCUT2D eigenvalue weighted by molar-refractivity contribution is 5.92. The first-order valence-corrected chi connectivity index (χ1v) is 10.4. The molecule has 0 radical (unpaired) electrons. The fourth-order valence-corrected chi connectivity index (χ4v) is 4.39. The molecule has 5 nitrogen and oxygen atoms in total. The maximum absolute atomic E-state index is 12.9. The predicted octanol–water partition coefficient (Wildman–Crippen LogP) is 2.64. The van der Waals surface area contributed by atoms with Crippen molar-refractivity contribution >= 4 is 11.8 Å². The summed E-state index contributed by atoms with van der Waals surface area (Å²) in [6, 6.07) is 21.3. The van der Waals surface area contributed by atoms with Crippen molar-refractivity contribution < 1.29 is 9.59 Å². The van der Waals surface area contributed by atoms with E-state index in [0.29, 0.717) is 19.5 Å². The molecule has 2 atom stereocenters. The second kappa shape index (κ2) is 8.37. The van der Waals surface area contributed by atoms with Gasteiger partial charge in [-0.15, -0.1) is 0 Å². The number of benzene rings is 2. The zero-order valence-corrected chi connectivity index (χ0v) is 17.2. The molecule has 4 rings (SSSR count). The van der Waals surface area contributed by atoms with Crippen molar-refractivity contribution in [3.63, 3.8) is 0 Å². The van der Waals surface area contributed by atoms with Gasteiger partial charge in [-0.25, -0.2) is 0 Å². The van der Waals surface area contributed by atoms with E-state index in [-0.39, 0.29) is 29.7 Å². The summed E-state index contributed by atoms with van der Waals surface area (Å²) in [5.41, 5.74) is 2.55. The van der Waals surface area contributed by atoms with E-state index in [2.05, 4.69) is 53.4 Å². The molecular formula is C24H29N3O2. The number of carbonyl (C=O) groups excluding carboxylic acids is 2. The molecule has 1 saturated carbocycles.